The molecule has 0 saturated carbocycles. The Morgan fingerprint density at radius 3 is 2.62 bits per heavy atom. The topological polar surface area (TPSA) is 26.3 Å². The number of carbonyl (C=O) groups excluding carboxylic acids is 1. The normalized spacial score (nSPS) is 9.62. The van der Waals surface area contributed by atoms with Crippen LogP contribution in [0, 0.1) is 0 Å². The highest BCUT2D eigenvalue weighted by Gasteiger charge is 2.02. The van der Waals surface area contributed by atoms with Crippen LogP contribution in [0.15, 0.2) is 30.3 Å². The molecule has 0 aliphatic carbocycles. The van der Waals surface area contributed by atoms with Gasteiger partial charge in [-0.25, -0.2) is 0 Å². The number of ether oxygens (including phenoxy) is 1. The van der Waals surface area contributed by atoms with E-state index < -0.39 is 0 Å². The summed E-state index contributed by atoms with van der Waals surface area (Å²) in [7, 11) is 0. The average molecular weight is 178 g/mol. The Hall–Kier alpha value is -1.31. The van der Waals surface area contributed by atoms with E-state index in [2.05, 4.69) is 0 Å². The maximum Gasteiger partial charge on any atom is 0.310 e. The Balaban J connectivity index is 2.37. The minimum atomic E-state index is -0.145. The fraction of sp³-hybridized carbons (Fsp3) is 0.364. The standard InChI is InChI=1S/C11H14O2/c1-2-8-13-11(12)9-10-6-4-3-5-7-10/h3-7H,2,8-9H2,1H3. The van der Waals surface area contributed by atoms with Gasteiger partial charge in [-0.2, -0.15) is 0 Å². The first-order valence-corrected chi connectivity index (χ1v) is 4.52. The molecule has 0 heterocycles. The first kappa shape index (κ1) is 9.78. The fourth-order valence-electron chi connectivity index (χ4n) is 1.03. The lowest BCUT2D eigenvalue weighted by atomic mass is 10.2. The summed E-state index contributed by atoms with van der Waals surface area (Å²) in [6.45, 7) is 2.50. The van der Waals surface area contributed by atoms with Gasteiger partial charge in [-0.1, -0.05) is 37.3 Å². The predicted octanol–water partition coefficient (Wildman–Crippen LogP) is 2.18. The summed E-state index contributed by atoms with van der Waals surface area (Å²) in [5.74, 6) is -0.145. The Morgan fingerprint density at radius 1 is 1.31 bits per heavy atom. The van der Waals surface area contributed by atoms with Gasteiger partial charge in [0.05, 0.1) is 13.0 Å². The molecule has 0 bridgehead atoms. The second-order valence-corrected chi connectivity index (χ2v) is 2.88. The third kappa shape index (κ3) is 3.74. The van der Waals surface area contributed by atoms with Crippen molar-refractivity contribution in [1.29, 1.82) is 0 Å². The maximum atomic E-state index is 11.1. The van der Waals surface area contributed by atoms with Gasteiger partial charge in [0.2, 0.25) is 0 Å². The molecule has 0 aliphatic rings. The number of hydrogen-bond donors (Lipinski definition) is 0. The van der Waals surface area contributed by atoms with E-state index in [-0.39, 0.29) is 5.97 Å². The number of benzene rings is 1. The Bertz CT molecular complexity index is 254. The lowest BCUT2D eigenvalue weighted by Gasteiger charge is -2.02. The second kappa shape index (κ2) is 5.36. The Kier molecular flexibility index (Phi) is 4.03. The third-order valence-electron chi connectivity index (χ3n) is 1.66. The highest BCUT2D eigenvalue weighted by Crippen LogP contribution is 2.00. The van der Waals surface area contributed by atoms with Crippen molar-refractivity contribution in [2.24, 2.45) is 0 Å². The van der Waals surface area contributed by atoms with Gasteiger partial charge in [-0.3, -0.25) is 4.79 Å². The second-order valence-electron chi connectivity index (χ2n) is 2.88. The quantitative estimate of drug-likeness (QED) is 0.660. The van der Waals surface area contributed by atoms with E-state index in [9.17, 15) is 4.79 Å². The van der Waals surface area contributed by atoms with E-state index in [0.29, 0.717) is 13.0 Å². The minimum Gasteiger partial charge on any atom is -0.465 e. The van der Waals surface area contributed by atoms with E-state index >= 15 is 0 Å². The molecule has 1 aromatic rings. The average Bonchev–Trinajstić information content (AvgIpc) is 2.16. The van der Waals surface area contributed by atoms with Gasteiger partial charge in [-0.15, -0.1) is 0 Å². The zero-order valence-corrected chi connectivity index (χ0v) is 7.82. The lowest BCUT2D eigenvalue weighted by Crippen LogP contribution is -2.08. The van der Waals surface area contributed by atoms with E-state index in [0.717, 1.165) is 12.0 Å². The summed E-state index contributed by atoms with van der Waals surface area (Å²) in [5.41, 5.74) is 1.00. The molecule has 0 aromatic heterocycles. The van der Waals surface area contributed by atoms with Crippen LogP contribution in [0.1, 0.15) is 18.9 Å². The third-order valence-corrected chi connectivity index (χ3v) is 1.66. The van der Waals surface area contributed by atoms with Crippen LogP contribution in [0.4, 0.5) is 0 Å². The summed E-state index contributed by atoms with van der Waals surface area (Å²) < 4.78 is 4.96. The number of carbonyl (C=O) groups is 1. The van der Waals surface area contributed by atoms with E-state index in [1.165, 1.54) is 0 Å². The van der Waals surface area contributed by atoms with Crippen molar-refractivity contribution in [1.82, 2.24) is 0 Å². The smallest absolute Gasteiger partial charge is 0.310 e. The maximum absolute atomic E-state index is 11.1. The Morgan fingerprint density at radius 2 is 2.00 bits per heavy atom. The van der Waals surface area contributed by atoms with Crippen molar-refractivity contribution in [3.8, 4) is 0 Å². The molecule has 0 spiro atoms. The minimum absolute atomic E-state index is 0.145. The van der Waals surface area contributed by atoms with Crippen LogP contribution >= 0.6 is 0 Å². The van der Waals surface area contributed by atoms with Gasteiger partial charge in [0.1, 0.15) is 0 Å². The van der Waals surface area contributed by atoms with Crippen molar-refractivity contribution >= 4 is 5.97 Å². The number of rotatable bonds is 4. The number of hydrogen-bond acceptors (Lipinski definition) is 2. The van der Waals surface area contributed by atoms with Crippen molar-refractivity contribution in [3.05, 3.63) is 35.9 Å². The summed E-state index contributed by atoms with van der Waals surface area (Å²) in [4.78, 5) is 11.1. The van der Waals surface area contributed by atoms with Gasteiger partial charge >= 0.3 is 5.97 Å². The van der Waals surface area contributed by atoms with Crippen molar-refractivity contribution in [2.75, 3.05) is 6.61 Å². The van der Waals surface area contributed by atoms with E-state index in [1.807, 2.05) is 37.3 Å². The molecule has 1 rings (SSSR count). The molecule has 0 aliphatic heterocycles. The lowest BCUT2D eigenvalue weighted by molar-refractivity contribution is -0.142. The van der Waals surface area contributed by atoms with E-state index in [1.54, 1.807) is 0 Å². The molecule has 2 nitrogen and oxygen atoms in total. The SMILES string of the molecule is CCCOC(=O)Cc1ccccc1. The monoisotopic (exact) mass is 178 g/mol. The van der Waals surface area contributed by atoms with Crippen molar-refractivity contribution in [2.45, 2.75) is 19.8 Å². The van der Waals surface area contributed by atoms with Gasteiger partial charge in [0, 0.05) is 0 Å². The van der Waals surface area contributed by atoms with Crippen LogP contribution in [0.2, 0.25) is 0 Å². The molecule has 2 heteroatoms. The molecule has 0 N–H and O–H groups in total. The molecule has 0 atom stereocenters. The van der Waals surface area contributed by atoms with Crippen molar-refractivity contribution < 1.29 is 9.53 Å². The van der Waals surface area contributed by atoms with E-state index in [4.69, 9.17) is 4.74 Å². The van der Waals surface area contributed by atoms with Gasteiger partial charge in [0.25, 0.3) is 0 Å². The molecular weight excluding hydrogens is 164 g/mol. The highest BCUT2D eigenvalue weighted by molar-refractivity contribution is 5.72. The fourth-order valence-corrected chi connectivity index (χ4v) is 1.03. The Labute approximate surface area is 78.5 Å². The van der Waals surface area contributed by atoms with Crippen LogP contribution in [0.5, 0.6) is 0 Å². The first-order valence-electron chi connectivity index (χ1n) is 4.52. The summed E-state index contributed by atoms with van der Waals surface area (Å²) in [5, 5.41) is 0. The van der Waals surface area contributed by atoms with Crippen LogP contribution in [0.25, 0.3) is 0 Å². The first-order chi connectivity index (χ1) is 6.33. The number of esters is 1. The van der Waals surface area contributed by atoms with Crippen LogP contribution in [0.3, 0.4) is 0 Å². The molecule has 70 valence electrons. The largest absolute Gasteiger partial charge is 0.465 e. The van der Waals surface area contributed by atoms with Crippen molar-refractivity contribution in [3.63, 3.8) is 0 Å². The summed E-state index contributed by atoms with van der Waals surface area (Å²) in [6, 6.07) is 9.62. The molecule has 13 heavy (non-hydrogen) atoms. The zero-order valence-electron chi connectivity index (χ0n) is 7.82. The predicted molar refractivity (Wildman–Crippen MR) is 51.4 cm³/mol. The molecule has 0 fully saturated rings. The summed E-state index contributed by atoms with van der Waals surface area (Å²) in [6.07, 6.45) is 1.25. The van der Waals surface area contributed by atoms with Crippen LogP contribution in [-0.4, -0.2) is 12.6 Å². The molecular formula is C11H14O2. The highest BCUT2D eigenvalue weighted by atomic mass is 16.5. The van der Waals surface area contributed by atoms with Gasteiger partial charge in [-0.05, 0) is 12.0 Å². The molecule has 0 unspecified atom stereocenters. The van der Waals surface area contributed by atoms with Crippen LogP contribution < -0.4 is 0 Å². The molecule has 1 aromatic carbocycles. The van der Waals surface area contributed by atoms with Gasteiger partial charge in [0.15, 0.2) is 0 Å². The summed E-state index contributed by atoms with van der Waals surface area (Å²) >= 11 is 0. The molecule has 0 saturated heterocycles. The molecule has 0 amide bonds. The zero-order chi connectivity index (χ0) is 9.52. The van der Waals surface area contributed by atoms with Crippen LogP contribution in [-0.2, 0) is 16.0 Å². The molecule has 0 radical (unpaired) electrons. The van der Waals surface area contributed by atoms with Gasteiger partial charge < -0.3 is 4.74 Å².